The highest BCUT2D eigenvalue weighted by molar-refractivity contribution is 6.14. The Labute approximate surface area is 106 Å². The summed E-state index contributed by atoms with van der Waals surface area (Å²) < 4.78 is 5.47. The summed E-state index contributed by atoms with van der Waals surface area (Å²) in [5.74, 6) is -0.636. The number of rotatable bonds is 5. The third-order valence-corrected chi connectivity index (χ3v) is 3.08. The van der Waals surface area contributed by atoms with Crippen molar-refractivity contribution in [3.63, 3.8) is 0 Å². The Balaban J connectivity index is 2.15. The maximum absolute atomic E-state index is 12.1. The van der Waals surface area contributed by atoms with E-state index in [0.29, 0.717) is 24.2 Å². The van der Waals surface area contributed by atoms with Crippen LogP contribution in [0.15, 0.2) is 24.3 Å². The zero-order valence-electron chi connectivity index (χ0n) is 10.5. The van der Waals surface area contributed by atoms with E-state index in [2.05, 4.69) is 0 Å². The van der Waals surface area contributed by atoms with Crippen molar-refractivity contribution in [2.24, 2.45) is 5.41 Å². The molecule has 1 aromatic rings. The molecule has 0 aliphatic heterocycles. The number of ketones is 1. The molecule has 1 aliphatic carbocycles. The second-order valence-corrected chi connectivity index (χ2v) is 4.91. The van der Waals surface area contributed by atoms with Crippen LogP contribution >= 0.6 is 0 Å². The Morgan fingerprint density at radius 3 is 2.17 bits per heavy atom. The first-order valence-corrected chi connectivity index (χ1v) is 6.00. The van der Waals surface area contributed by atoms with Gasteiger partial charge < -0.3 is 9.84 Å². The van der Waals surface area contributed by atoms with E-state index in [-0.39, 0.29) is 11.9 Å². The average molecular weight is 248 g/mol. The lowest BCUT2D eigenvalue weighted by atomic mass is 9.95. The van der Waals surface area contributed by atoms with Crippen molar-refractivity contribution >= 4 is 11.8 Å². The summed E-state index contributed by atoms with van der Waals surface area (Å²) in [6, 6.07) is 6.66. The van der Waals surface area contributed by atoms with E-state index in [1.165, 1.54) is 0 Å². The molecule has 0 saturated heterocycles. The second kappa shape index (κ2) is 4.44. The van der Waals surface area contributed by atoms with Crippen LogP contribution in [0.1, 0.15) is 37.0 Å². The van der Waals surface area contributed by atoms with Gasteiger partial charge >= 0.3 is 5.97 Å². The van der Waals surface area contributed by atoms with Crippen LogP contribution in [0.4, 0.5) is 0 Å². The molecule has 0 bridgehead atoms. The highest BCUT2D eigenvalue weighted by atomic mass is 16.5. The summed E-state index contributed by atoms with van der Waals surface area (Å²) in [6.07, 6.45) is 0.942. The Kier molecular flexibility index (Phi) is 3.11. The SMILES string of the molecule is CC(C)Oc1ccc(C(=O)C2(C(=O)O)CC2)cc1. The van der Waals surface area contributed by atoms with E-state index in [1.807, 2.05) is 13.8 Å². The molecule has 0 aromatic heterocycles. The Morgan fingerprint density at radius 1 is 1.22 bits per heavy atom. The second-order valence-electron chi connectivity index (χ2n) is 4.91. The van der Waals surface area contributed by atoms with E-state index in [1.54, 1.807) is 24.3 Å². The Hall–Kier alpha value is -1.84. The molecular weight excluding hydrogens is 232 g/mol. The van der Waals surface area contributed by atoms with Crippen molar-refractivity contribution < 1.29 is 19.4 Å². The largest absolute Gasteiger partial charge is 0.491 e. The molecule has 0 unspecified atom stereocenters. The molecule has 1 saturated carbocycles. The number of aliphatic carboxylic acids is 1. The van der Waals surface area contributed by atoms with Crippen molar-refractivity contribution in [3.8, 4) is 5.75 Å². The molecule has 1 aliphatic rings. The van der Waals surface area contributed by atoms with Gasteiger partial charge in [0.1, 0.15) is 11.2 Å². The van der Waals surface area contributed by atoms with Crippen LogP contribution in [0.5, 0.6) is 5.75 Å². The number of carboxylic acids is 1. The van der Waals surface area contributed by atoms with E-state index >= 15 is 0 Å². The summed E-state index contributed by atoms with van der Waals surface area (Å²) >= 11 is 0. The predicted molar refractivity (Wildman–Crippen MR) is 65.8 cm³/mol. The van der Waals surface area contributed by atoms with Crippen LogP contribution in [0.3, 0.4) is 0 Å². The minimum Gasteiger partial charge on any atom is -0.491 e. The molecule has 0 atom stereocenters. The number of Topliss-reactive ketones (excluding diaryl/α,β-unsaturated/α-hetero) is 1. The first kappa shape index (κ1) is 12.6. The highest BCUT2D eigenvalue weighted by Gasteiger charge is 2.56. The molecule has 0 spiro atoms. The third-order valence-electron chi connectivity index (χ3n) is 3.08. The molecule has 96 valence electrons. The lowest BCUT2D eigenvalue weighted by Crippen LogP contribution is -2.25. The van der Waals surface area contributed by atoms with Crippen molar-refractivity contribution in [1.29, 1.82) is 0 Å². The monoisotopic (exact) mass is 248 g/mol. The van der Waals surface area contributed by atoms with Gasteiger partial charge in [-0.25, -0.2) is 0 Å². The van der Waals surface area contributed by atoms with Crippen LogP contribution in [0, 0.1) is 5.41 Å². The highest BCUT2D eigenvalue weighted by Crippen LogP contribution is 2.48. The molecule has 1 fully saturated rings. The van der Waals surface area contributed by atoms with Crippen LogP contribution in [-0.2, 0) is 4.79 Å². The number of hydrogen-bond acceptors (Lipinski definition) is 3. The fraction of sp³-hybridized carbons (Fsp3) is 0.429. The first-order chi connectivity index (χ1) is 8.45. The van der Waals surface area contributed by atoms with Gasteiger partial charge in [0.2, 0.25) is 0 Å². The van der Waals surface area contributed by atoms with Crippen LogP contribution in [0.25, 0.3) is 0 Å². The first-order valence-electron chi connectivity index (χ1n) is 6.00. The summed E-state index contributed by atoms with van der Waals surface area (Å²) in [7, 11) is 0. The molecule has 1 N–H and O–H groups in total. The van der Waals surface area contributed by atoms with Gasteiger partial charge in [-0.2, -0.15) is 0 Å². The van der Waals surface area contributed by atoms with E-state index in [9.17, 15) is 9.59 Å². The van der Waals surface area contributed by atoms with Gasteiger partial charge in [-0.1, -0.05) is 0 Å². The van der Waals surface area contributed by atoms with Crippen LogP contribution in [0.2, 0.25) is 0 Å². The maximum atomic E-state index is 12.1. The van der Waals surface area contributed by atoms with Crippen LogP contribution < -0.4 is 4.74 Å². The molecule has 0 amide bonds. The van der Waals surface area contributed by atoms with Gasteiger partial charge in [0.25, 0.3) is 0 Å². The lowest BCUT2D eigenvalue weighted by molar-refractivity contribution is -0.141. The van der Waals surface area contributed by atoms with Gasteiger partial charge in [-0.3, -0.25) is 9.59 Å². The fourth-order valence-corrected chi connectivity index (χ4v) is 1.90. The van der Waals surface area contributed by atoms with Gasteiger partial charge in [0.05, 0.1) is 6.10 Å². The number of carboxylic acid groups (broad SMARTS) is 1. The standard InChI is InChI=1S/C14H16O4/c1-9(2)18-11-5-3-10(4-6-11)12(15)14(7-8-14)13(16)17/h3-6,9H,7-8H2,1-2H3,(H,16,17). The lowest BCUT2D eigenvalue weighted by Gasteiger charge is -2.11. The Bertz CT molecular complexity index is 469. The van der Waals surface area contributed by atoms with Gasteiger partial charge in [0.15, 0.2) is 5.78 Å². The average Bonchev–Trinajstić information content (AvgIpc) is 3.09. The van der Waals surface area contributed by atoms with Crippen molar-refractivity contribution in [3.05, 3.63) is 29.8 Å². The maximum Gasteiger partial charge on any atom is 0.317 e. The molecule has 2 rings (SSSR count). The molecule has 4 heteroatoms. The zero-order valence-corrected chi connectivity index (χ0v) is 10.5. The molecule has 1 aromatic carbocycles. The molecular formula is C14H16O4. The number of carbonyl (C=O) groups is 2. The van der Waals surface area contributed by atoms with Crippen molar-refractivity contribution in [1.82, 2.24) is 0 Å². The molecule has 0 heterocycles. The normalized spacial score (nSPS) is 16.4. The van der Waals surface area contributed by atoms with E-state index in [4.69, 9.17) is 9.84 Å². The van der Waals surface area contributed by atoms with Gasteiger partial charge in [-0.15, -0.1) is 0 Å². The zero-order chi connectivity index (χ0) is 13.3. The quantitative estimate of drug-likeness (QED) is 0.642. The van der Waals surface area contributed by atoms with E-state index in [0.717, 1.165) is 0 Å². The summed E-state index contributed by atoms with van der Waals surface area (Å²) in [5, 5.41) is 9.06. The topological polar surface area (TPSA) is 63.6 Å². The number of ether oxygens (including phenoxy) is 1. The molecule has 4 nitrogen and oxygen atoms in total. The van der Waals surface area contributed by atoms with E-state index < -0.39 is 11.4 Å². The predicted octanol–water partition coefficient (Wildman–Crippen LogP) is 2.52. The summed E-state index contributed by atoms with van der Waals surface area (Å²) in [5.41, 5.74) is -0.730. The molecule has 18 heavy (non-hydrogen) atoms. The van der Waals surface area contributed by atoms with Crippen molar-refractivity contribution in [2.45, 2.75) is 32.8 Å². The minimum absolute atomic E-state index is 0.0698. The van der Waals surface area contributed by atoms with Gasteiger partial charge in [0, 0.05) is 5.56 Å². The summed E-state index contributed by atoms with van der Waals surface area (Å²) in [6.45, 7) is 3.84. The number of hydrogen-bond donors (Lipinski definition) is 1. The fourth-order valence-electron chi connectivity index (χ4n) is 1.90. The number of carbonyl (C=O) groups excluding carboxylic acids is 1. The van der Waals surface area contributed by atoms with Crippen LogP contribution in [-0.4, -0.2) is 23.0 Å². The third kappa shape index (κ3) is 2.23. The summed E-state index contributed by atoms with van der Waals surface area (Å²) in [4.78, 5) is 23.1. The Morgan fingerprint density at radius 2 is 1.78 bits per heavy atom. The van der Waals surface area contributed by atoms with Gasteiger partial charge in [-0.05, 0) is 51.0 Å². The number of benzene rings is 1. The minimum atomic E-state index is -1.17. The van der Waals surface area contributed by atoms with Crippen molar-refractivity contribution in [2.75, 3.05) is 0 Å². The molecule has 0 radical (unpaired) electrons. The smallest absolute Gasteiger partial charge is 0.317 e.